The van der Waals surface area contributed by atoms with E-state index in [1.165, 1.54) is 12.8 Å². The Kier molecular flexibility index (Phi) is 4.54. The normalized spacial score (nSPS) is 27.8. The summed E-state index contributed by atoms with van der Waals surface area (Å²) in [5, 5.41) is 0.202. The van der Waals surface area contributed by atoms with Gasteiger partial charge >= 0.3 is 0 Å². The molecule has 0 aromatic carbocycles. The molecule has 2 rings (SSSR count). The molecule has 0 aromatic rings. The van der Waals surface area contributed by atoms with Gasteiger partial charge in [0, 0.05) is 18.5 Å². The fraction of sp³-hybridized carbons (Fsp3) is 0.846. The van der Waals surface area contributed by atoms with Crippen LogP contribution in [-0.4, -0.2) is 39.9 Å². The minimum absolute atomic E-state index is 0.0498. The summed E-state index contributed by atoms with van der Waals surface area (Å²) in [5.74, 6) is 1.47. The highest BCUT2D eigenvalue weighted by molar-refractivity contribution is 8.00. The number of carbonyl (C=O) groups is 1. The second kappa shape index (κ2) is 5.78. The van der Waals surface area contributed by atoms with Crippen molar-refractivity contribution in [1.29, 1.82) is 0 Å². The zero-order chi connectivity index (χ0) is 13.2. The molecule has 1 amide bonds. The predicted octanol–water partition coefficient (Wildman–Crippen LogP) is 2.19. The van der Waals surface area contributed by atoms with Gasteiger partial charge in [0.2, 0.25) is 5.91 Å². The molecule has 2 aliphatic heterocycles. The average molecular weight is 286 g/mol. The molecule has 2 N–H and O–H groups in total. The van der Waals surface area contributed by atoms with Gasteiger partial charge in [-0.05, 0) is 31.4 Å². The lowest BCUT2D eigenvalue weighted by Gasteiger charge is -2.40. The van der Waals surface area contributed by atoms with Gasteiger partial charge in [-0.25, -0.2) is 0 Å². The van der Waals surface area contributed by atoms with Crippen molar-refractivity contribution >= 4 is 34.9 Å². The number of carbonyl (C=O) groups excluding carboxylic acids is 1. The molecule has 3 nitrogen and oxygen atoms in total. The number of piperidine rings is 1. The van der Waals surface area contributed by atoms with E-state index in [0.717, 1.165) is 38.1 Å². The Labute approximate surface area is 119 Å². The number of likely N-dealkylation sites (tertiary alicyclic amines) is 1. The van der Waals surface area contributed by atoms with E-state index in [9.17, 15) is 4.79 Å². The first-order valence-electron chi connectivity index (χ1n) is 6.73. The van der Waals surface area contributed by atoms with E-state index in [4.69, 9.17) is 18.0 Å². The van der Waals surface area contributed by atoms with Crippen molar-refractivity contribution in [3.05, 3.63) is 0 Å². The van der Waals surface area contributed by atoms with Crippen molar-refractivity contribution < 1.29 is 4.79 Å². The quantitative estimate of drug-likeness (QED) is 0.791. The molecular formula is C13H22N2OS2. The van der Waals surface area contributed by atoms with Gasteiger partial charge in [0.15, 0.2) is 0 Å². The number of hydrogen-bond acceptors (Lipinski definition) is 3. The zero-order valence-corrected chi connectivity index (χ0v) is 12.6. The van der Waals surface area contributed by atoms with Gasteiger partial charge in [-0.15, -0.1) is 11.8 Å². The molecule has 2 saturated heterocycles. The lowest BCUT2D eigenvalue weighted by atomic mass is 9.80. The van der Waals surface area contributed by atoms with Crippen LogP contribution in [-0.2, 0) is 4.79 Å². The van der Waals surface area contributed by atoms with E-state index in [1.54, 1.807) is 0 Å². The fourth-order valence-corrected chi connectivity index (χ4v) is 4.09. The molecular weight excluding hydrogens is 264 g/mol. The van der Waals surface area contributed by atoms with Gasteiger partial charge in [0.25, 0.3) is 0 Å². The number of rotatable bonds is 2. The predicted molar refractivity (Wildman–Crippen MR) is 80.8 cm³/mol. The van der Waals surface area contributed by atoms with Gasteiger partial charge in [0.05, 0.1) is 10.2 Å². The summed E-state index contributed by atoms with van der Waals surface area (Å²) in [5.41, 5.74) is 5.74. The molecule has 0 spiro atoms. The Bertz CT molecular complexity index is 332. The largest absolute Gasteiger partial charge is 0.393 e. The number of amides is 1. The van der Waals surface area contributed by atoms with Gasteiger partial charge < -0.3 is 10.6 Å². The highest BCUT2D eigenvalue weighted by Crippen LogP contribution is 2.33. The zero-order valence-electron chi connectivity index (χ0n) is 11.0. The fourth-order valence-electron chi connectivity index (χ4n) is 2.61. The molecule has 102 valence electrons. The topological polar surface area (TPSA) is 46.3 Å². The monoisotopic (exact) mass is 286 g/mol. The molecule has 0 aliphatic carbocycles. The first-order valence-corrected chi connectivity index (χ1v) is 8.19. The van der Waals surface area contributed by atoms with Crippen LogP contribution < -0.4 is 5.73 Å². The minimum Gasteiger partial charge on any atom is -0.393 e. The Morgan fingerprint density at radius 3 is 2.56 bits per heavy atom. The molecule has 2 fully saturated rings. The van der Waals surface area contributed by atoms with E-state index in [1.807, 2.05) is 16.7 Å². The lowest BCUT2D eigenvalue weighted by Crippen LogP contribution is -2.49. The van der Waals surface area contributed by atoms with Crippen LogP contribution in [0.25, 0.3) is 0 Å². The van der Waals surface area contributed by atoms with Gasteiger partial charge in [-0.3, -0.25) is 4.79 Å². The molecule has 1 atom stereocenters. The Morgan fingerprint density at radius 2 is 2.06 bits per heavy atom. The van der Waals surface area contributed by atoms with Gasteiger partial charge in [-0.2, -0.15) is 0 Å². The Hall–Kier alpha value is -0.290. The van der Waals surface area contributed by atoms with Crippen LogP contribution in [0.1, 0.15) is 39.0 Å². The van der Waals surface area contributed by atoms with Gasteiger partial charge in [-0.1, -0.05) is 25.6 Å². The maximum Gasteiger partial charge on any atom is 0.235 e. The number of hydrogen-bond donors (Lipinski definition) is 1. The summed E-state index contributed by atoms with van der Waals surface area (Å²) in [6, 6.07) is 0. The van der Waals surface area contributed by atoms with Crippen LogP contribution in [0.2, 0.25) is 0 Å². The summed E-state index contributed by atoms with van der Waals surface area (Å²) in [6.45, 7) is 3.74. The molecule has 18 heavy (non-hydrogen) atoms. The van der Waals surface area contributed by atoms with E-state index in [2.05, 4.69) is 6.92 Å². The molecule has 0 aromatic heterocycles. The van der Waals surface area contributed by atoms with E-state index in [0.29, 0.717) is 10.9 Å². The third-order valence-electron chi connectivity index (χ3n) is 4.23. The molecule has 0 radical (unpaired) electrons. The second-order valence-electron chi connectivity index (χ2n) is 5.61. The lowest BCUT2D eigenvalue weighted by molar-refractivity contribution is -0.132. The summed E-state index contributed by atoms with van der Waals surface area (Å²) < 4.78 is 0. The maximum atomic E-state index is 12.4. The maximum absolute atomic E-state index is 12.4. The molecule has 2 heterocycles. The standard InChI is InChI=1S/C13H22N2OS2/c1-13(12(14)17)5-7-15(8-6-13)11(16)10-4-2-3-9-18-10/h10H,2-9H2,1H3,(H2,14,17). The van der Waals surface area contributed by atoms with Crippen molar-refractivity contribution in [3.63, 3.8) is 0 Å². The highest BCUT2D eigenvalue weighted by atomic mass is 32.2. The van der Waals surface area contributed by atoms with Gasteiger partial charge in [0.1, 0.15) is 0 Å². The van der Waals surface area contributed by atoms with Crippen molar-refractivity contribution in [3.8, 4) is 0 Å². The van der Waals surface area contributed by atoms with Crippen molar-refractivity contribution in [1.82, 2.24) is 4.90 Å². The summed E-state index contributed by atoms with van der Waals surface area (Å²) >= 11 is 6.96. The number of thioether (sulfide) groups is 1. The van der Waals surface area contributed by atoms with Crippen LogP contribution in [0.3, 0.4) is 0 Å². The molecule has 5 heteroatoms. The summed E-state index contributed by atoms with van der Waals surface area (Å²) in [6.07, 6.45) is 5.32. The Morgan fingerprint density at radius 1 is 1.39 bits per heavy atom. The van der Waals surface area contributed by atoms with Crippen molar-refractivity contribution in [2.75, 3.05) is 18.8 Å². The first kappa shape index (κ1) is 14.1. The SMILES string of the molecule is CC1(C(N)=S)CCN(C(=O)C2CCCCS2)CC1. The van der Waals surface area contributed by atoms with Crippen molar-refractivity contribution in [2.45, 2.75) is 44.3 Å². The molecule has 1 unspecified atom stereocenters. The second-order valence-corrected chi connectivity index (χ2v) is 7.36. The molecule has 2 aliphatic rings. The highest BCUT2D eigenvalue weighted by Gasteiger charge is 2.36. The number of nitrogens with zero attached hydrogens (tertiary/aromatic N) is 1. The summed E-state index contributed by atoms with van der Waals surface area (Å²) in [4.78, 5) is 15.0. The third-order valence-corrected chi connectivity index (χ3v) is 6.09. The van der Waals surface area contributed by atoms with Crippen LogP contribution in [0, 0.1) is 5.41 Å². The number of nitrogens with two attached hydrogens (primary N) is 1. The summed E-state index contributed by atoms with van der Waals surface area (Å²) in [7, 11) is 0. The molecule has 0 saturated carbocycles. The molecule has 0 bridgehead atoms. The van der Waals surface area contributed by atoms with Crippen LogP contribution in [0.15, 0.2) is 0 Å². The first-order chi connectivity index (χ1) is 8.53. The third kappa shape index (κ3) is 2.99. The van der Waals surface area contributed by atoms with E-state index < -0.39 is 0 Å². The smallest absolute Gasteiger partial charge is 0.235 e. The van der Waals surface area contributed by atoms with Crippen LogP contribution in [0.5, 0.6) is 0 Å². The number of thiocarbonyl (C=S) groups is 1. The van der Waals surface area contributed by atoms with E-state index >= 15 is 0 Å². The Balaban J connectivity index is 1.89. The minimum atomic E-state index is -0.0498. The van der Waals surface area contributed by atoms with Crippen LogP contribution in [0.4, 0.5) is 0 Å². The average Bonchev–Trinajstić information content (AvgIpc) is 2.40. The van der Waals surface area contributed by atoms with Crippen LogP contribution >= 0.6 is 24.0 Å². The van der Waals surface area contributed by atoms with E-state index in [-0.39, 0.29) is 10.7 Å². The van der Waals surface area contributed by atoms with Crippen molar-refractivity contribution in [2.24, 2.45) is 11.1 Å².